The number of amides is 1. The van der Waals surface area contributed by atoms with E-state index in [0.29, 0.717) is 10.8 Å². The van der Waals surface area contributed by atoms with Crippen LogP contribution in [-0.4, -0.2) is 13.0 Å². The number of rotatable bonds is 4. The normalized spacial score (nSPS) is 10.6. The molecule has 96 valence electrons. The van der Waals surface area contributed by atoms with Gasteiger partial charge >= 0.3 is 0 Å². The van der Waals surface area contributed by atoms with Gasteiger partial charge in [0.15, 0.2) is 0 Å². The largest absolute Gasteiger partial charge is 0.495 e. The summed E-state index contributed by atoms with van der Waals surface area (Å²) in [6.07, 6.45) is -0.159. The lowest BCUT2D eigenvalue weighted by Crippen LogP contribution is -2.40. The molecule has 4 nitrogen and oxygen atoms in total. The van der Waals surface area contributed by atoms with Gasteiger partial charge in [-0.1, -0.05) is 17.7 Å². The predicted octanol–water partition coefficient (Wildman–Crippen LogP) is 2.61. The van der Waals surface area contributed by atoms with E-state index in [-0.39, 0.29) is 12.3 Å². The van der Waals surface area contributed by atoms with Crippen LogP contribution in [0.4, 0.5) is 0 Å². The van der Waals surface area contributed by atoms with E-state index < -0.39 is 5.54 Å². The first-order valence-corrected chi connectivity index (χ1v) is 5.80. The molecule has 0 bridgehead atoms. The first kappa shape index (κ1) is 14.3. The number of hydrogen-bond acceptors (Lipinski definition) is 3. The van der Waals surface area contributed by atoms with Crippen LogP contribution in [0.3, 0.4) is 0 Å². The molecule has 0 fully saturated rings. The van der Waals surface area contributed by atoms with Crippen LogP contribution in [0.5, 0.6) is 5.75 Å². The van der Waals surface area contributed by atoms with Crippen molar-refractivity contribution in [1.29, 1.82) is 5.26 Å². The number of benzene rings is 1. The zero-order valence-corrected chi connectivity index (χ0v) is 11.3. The van der Waals surface area contributed by atoms with Crippen molar-refractivity contribution >= 4 is 17.5 Å². The first-order valence-electron chi connectivity index (χ1n) is 5.42. The van der Waals surface area contributed by atoms with Gasteiger partial charge in [0, 0.05) is 0 Å². The van der Waals surface area contributed by atoms with Crippen LogP contribution in [0.15, 0.2) is 18.2 Å². The van der Waals surface area contributed by atoms with E-state index >= 15 is 0 Å². The molecule has 0 saturated carbocycles. The number of carbonyl (C=O) groups is 1. The molecule has 0 unspecified atom stereocenters. The van der Waals surface area contributed by atoms with E-state index in [1.54, 1.807) is 19.2 Å². The second-order valence-electron chi connectivity index (χ2n) is 4.36. The summed E-state index contributed by atoms with van der Waals surface area (Å²) in [6, 6.07) is 7.13. The number of halogens is 1. The number of methoxy groups -OCH3 is 1. The van der Waals surface area contributed by atoms with E-state index in [1.165, 1.54) is 0 Å². The van der Waals surface area contributed by atoms with Crippen LogP contribution in [0.1, 0.15) is 25.8 Å². The highest BCUT2D eigenvalue weighted by Crippen LogP contribution is 2.29. The SMILES string of the molecule is COc1ccc(C(C)(C)NC(=O)CC#N)cc1Cl. The Morgan fingerprint density at radius 2 is 2.22 bits per heavy atom. The van der Waals surface area contributed by atoms with Crippen molar-refractivity contribution in [2.45, 2.75) is 25.8 Å². The van der Waals surface area contributed by atoms with Crippen molar-refractivity contribution in [2.24, 2.45) is 0 Å². The zero-order valence-electron chi connectivity index (χ0n) is 10.6. The fraction of sp³-hybridized carbons (Fsp3) is 0.385. The second kappa shape index (κ2) is 5.74. The number of nitriles is 1. The summed E-state index contributed by atoms with van der Waals surface area (Å²) in [5, 5.41) is 11.7. The molecule has 0 aliphatic rings. The maximum Gasteiger partial charge on any atom is 0.234 e. The summed E-state index contributed by atoms with van der Waals surface area (Å²) in [6.45, 7) is 3.70. The molecule has 1 rings (SSSR count). The zero-order chi connectivity index (χ0) is 13.8. The molecule has 1 amide bonds. The van der Waals surface area contributed by atoms with Gasteiger partial charge in [0.1, 0.15) is 12.2 Å². The molecule has 5 heteroatoms. The molecular weight excluding hydrogens is 252 g/mol. The summed E-state index contributed by atoms with van der Waals surface area (Å²) in [7, 11) is 1.54. The Bertz CT molecular complexity index is 492. The molecule has 1 N–H and O–H groups in total. The number of carbonyl (C=O) groups excluding carboxylic acids is 1. The van der Waals surface area contributed by atoms with Crippen molar-refractivity contribution in [3.05, 3.63) is 28.8 Å². The standard InChI is InChI=1S/C13H15ClN2O2/c1-13(2,16-12(17)6-7-15)9-4-5-11(18-3)10(14)8-9/h4-5,8H,6H2,1-3H3,(H,16,17). The highest BCUT2D eigenvalue weighted by atomic mass is 35.5. The third-order valence-electron chi connectivity index (χ3n) is 2.57. The van der Waals surface area contributed by atoms with Crippen LogP contribution in [0.25, 0.3) is 0 Å². The second-order valence-corrected chi connectivity index (χ2v) is 4.76. The third kappa shape index (κ3) is 3.38. The van der Waals surface area contributed by atoms with Gasteiger partial charge in [-0.2, -0.15) is 5.26 Å². The van der Waals surface area contributed by atoms with Crippen LogP contribution >= 0.6 is 11.6 Å². The van der Waals surface area contributed by atoms with E-state index in [1.807, 2.05) is 26.0 Å². The molecule has 0 heterocycles. The van der Waals surface area contributed by atoms with Gasteiger partial charge in [0.25, 0.3) is 0 Å². The number of nitrogens with zero attached hydrogens (tertiary/aromatic N) is 1. The topological polar surface area (TPSA) is 62.1 Å². The van der Waals surface area contributed by atoms with E-state index in [4.69, 9.17) is 21.6 Å². The maximum atomic E-state index is 11.4. The summed E-state index contributed by atoms with van der Waals surface area (Å²) in [5.74, 6) is 0.272. The Labute approximate surface area is 112 Å². The van der Waals surface area contributed by atoms with Crippen LogP contribution in [-0.2, 0) is 10.3 Å². The number of hydrogen-bond donors (Lipinski definition) is 1. The quantitative estimate of drug-likeness (QED) is 0.911. The summed E-state index contributed by atoms with van der Waals surface area (Å²) in [4.78, 5) is 11.4. The molecule has 0 atom stereocenters. The Morgan fingerprint density at radius 1 is 1.56 bits per heavy atom. The summed E-state index contributed by atoms with van der Waals surface area (Å²) < 4.78 is 5.07. The van der Waals surface area contributed by atoms with Gasteiger partial charge in [-0.3, -0.25) is 4.79 Å². The van der Waals surface area contributed by atoms with Crippen LogP contribution in [0.2, 0.25) is 5.02 Å². The molecule has 1 aromatic rings. The average Bonchev–Trinajstić information content (AvgIpc) is 2.28. The van der Waals surface area contributed by atoms with E-state index in [9.17, 15) is 4.79 Å². The van der Waals surface area contributed by atoms with Gasteiger partial charge < -0.3 is 10.1 Å². The lowest BCUT2D eigenvalue weighted by atomic mass is 9.94. The minimum absolute atomic E-state index is 0.159. The lowest BCUT2D eigenvalue weighted by molar-refractivity contribution is -0.121. The average molecular weight is 267 g/mol. The maximum absolute atomic E-state index is 11.4. The molecule has 0 saturated heterocycles. The summed E-state index contributed by atoms with van der Waals surface area (Å²) >= 11 is 6.04. The van der Waals surface area contributed by atoms with Gasteiger partial charge in [-0.15, -0.1) is 0 Å². The molecule has 0 aliphatic carbocycles. The Balaban J connectivity index is 2.95. The Morgan fingerprint density at radius 3 is 2.72 bits per heavy atom. The van der Waals surface area contributed by atoms with E-state index in [2.05, 4.69) is 5.32 Å². The number of ether oxygens (including phenoxy) is 1. The fourth-order valence-electron chi connectivity index (χ4n) is 1.59. The molecule has 0 aliphatic heterocycles. The van der Waals surface area contributed by atoms with Crippen molar-refractivity contribution in [2.75, 3.05) is 7.11 Å². The number of nitrogens with one attached hydrogen (secondary N) is 1. The predicted molar refractivity (Wildman–Crippen MR) is 69.4 cm³/mol. The van der Waals surface area contributed by atoms with Gasteiger partial charge in [-0.05, 0) is 31.5 Å². The molecule has 0 aromatic heterocycles. The van der Waals surface area contributed by atoms with Gasteiger partial charge in [-0.25, -0.2) is 0 Å². The van der Waals surface area contributed by atoms with Crippen molar-refractivity contribution in [3.8, 4) is 11.8 Å². The van der Waals surface area contributed by atoms with Crippen LogP contribution < -0.4 is 10.1 Å². The smallest absolute Gasteiger partial charge is 0.234 e. The minimum atomic E-state index is -0.593. The highest BCUT2D eigenvalue weighted by Gasteiger charge is 2.23. The lowest BCUT2D eigenvalue weighted by Gasteiger charge is -2.27. The van der Waals surface area contributed by atoms with Gasteiger partial charge in [0.2, 0.25) is 5.91 Å². The molecule has 0 spiro atoms. The molecular formula is C13H15ClN2O2. The van der Waals surface area contributed by atoms with Crippen molar-refractivity contribution < 1.29 is 9.53 Å². The Kier molecular flexibility index (Phi) is 4.57. The van der Waals surface area contributed by atoms with Crippen molar-refractivity contribution in [3.63, 3.8) is 0 Å². The summed E-state index contributed by atoms with van der Waals surface area (Å²) in [5.41, 5.74) is 0.253. The first-order chi connectivity index (χ1) is 8.40. The van der Waals surface area contributed by atoms with E-state index in [0.717, 1.165) is 5.56 Å². The van der Waals surface area contributed by atoms with Crippen molar-refractivity contribution in [1.82, 2.24) is 5.32 Å². The monoisotopic (exact) mass is 266 g/mol. The molecule has 1 aromatic carbocycles. The Hall–Kier alpha value is -1.73. The molecule has 18 heavy (non-hydrogen) atoms. The highest BCUT2D eigenvalue weighted by molar-refractivity contribution is 6.32. The minimum Gasteiger partial charge on any atom is -0.495 e. The third-order valence-corrected chi connectivity index (χ3v) is 2.86. The molecule has 0 radical (unpaired) electrons. The van der Waals surface area contributed by atoms with Crippen LogP contribution in [0, 0.1) is 11.3 Å². The fourth-order valence-corrected chi connectivity index (χ4v) is 1.85. The van der Waals surface area contributed by atoms with Gasteiger partial charge in [0.05, 0.1) is 23.7 Å².